The molecule has 0 bridgehead atoms. The van der Waals surface area contributed by atoms with Crippen molar-refractivity contribution < 1.29 is 9.21 Å². The van der Waals surface area contributed by atoms with Crippen molar-refractivity contribution in [1.29, 1.82) is 0 Å². The van der Waals surface area contributed by atoms with E-state index in [-0.39, 0.29) is 5.91 Å². The molecule has 0 atom stereocenters. The molecule has 0 fully saturated rings. The molecule has 1 heterocycles. The van der Waals surface area contributed by atoms with Crippen LogP contribution in [0.5, 0.6) is 0 Å². The first-order chi connectivity index (χ1) is 13.1. The van der Waals surface area contributed by atoms with Gasteiger partial charge in [0.15, 0.2) is 0 Å². The third kappa shape index (κ3) is 3.51. The summed E-state index contributed by atoms with van der Waals surface area (Å²) in [5.74, 6) is -0.229. The molecule has 1 aromatic heterocycles. The van der Waals surface area contributed by atoms with E-state index in [1.165, 1.54) is 0 Å². The van der Waals surface area contributed by atoms with Crippen LogP contribution >= 0.6 is 0 Å². The predicted octanol–water partition coefficient (Wildman–Crippen LogP) is 5.02. The van der Waals surface area contributed by atoms with Crippen LogP contribution in [0.15, 0.2) is 88.1 Å². The summed E-state index contributed by atoms with van der Waals surface area (Å²) in [4.78, 5) is 25.0. The molecule has 1 N–H and O–H groups in total. The third-order valence-corrected chi connectivity index (χ3v) is 4.35. The second kappa shape index (κ2) is 6.92. The topological polar surface area (TPSA) is 59.3 Å². The van der Waals surface area contributed by atoms with E-state index in [4.69, 9.17) is 4.42 Å². The molecule has 0 aliphatic carbocycles. The Morgan fingerprint density at radius 2 is 1.70 bits per heavy atom. The number of carbonyl (C=O) groups is 1. The fourth-order valence-corrected chi connectivity index (χ4v) is 3.02. The number of benzene rings is 3. The number of hydrogen-bond acceptors (Lipinski definition) is 3. The van der Waals surface area contributed by atoms with Gasteiger partial charge in [0.05, 0.1) is 5.56 Å². The highest BCUT2D eigenvalue weighted by Gasteiger charge is 2.11. The van der Waals surface area contributed by atoms with Crippen LogP contribution in [0.1, 0.15) is 15.9 Å². The largest absolute Gasteiger partial charge is 0.422 e. The number of carbonyl (C=O) groups excluding carboxylic acids is 1. The summed E-state index contributed by atoms with van der Waals surface area (Å²) in [6, 6.07) is 23.7. The average molecular weight is 355 g/mol. The maximum absolute atomic E-state index is 12.6. The maximum Gasteiger partial charge on any atom is 0.344 e. The summed E-state index contributed by atoms with van der Waals surface area (Å²) in [6.45, 7) is 1.97. The Labute approximate surface area is 156 Å². The molecule has 0 aliphatic heterocycles. The first kappa shape index (κ1) is 16.8. The molecule has 132 valence electrons. The van der Waals surface area contributed by atoms with Gasteiger partial charge in [0, 0.05) is 16.6 Å². The van der Waals surface area contributed by atoms with Crippen molar-refractivity contribution in [2.75, 3.05) is 5.32 Å². The molecule has 0 saturated carbocycles. The van der Waals surface area contributed by atoms with Gasteiger partial charge in [-0.25, -0.2) is 4.79 Å². The smallest absolute Gasteiger partial charge is 0.344 e. The summed E-state index contributed by atoms with van der Waals surface area (Å²) in [6.07, 6.45) is 0. The minimum Gasteiger partial charge on any atom is -0.422 e. The zero-order chi connectivity index (χ0) is 18.8. The van der Waals surface area contributed by atoms with E-state index in [9.17, 15) is 9.59 Å². The van der Waals surface area contributed by atoms with Gasteiger partial charge in [0.2, 0.25) is 0 Å². The number of para-hydroxylation sites is 1. The van der Waals surface area contributed by atoms with Gasteiger partial charge >= 0.3 is 5.63 Å². The predicted molar refractivity (Wildman–Crippen MR) is 107 cm³/mol. The molecule has 1 amide bonds. The lowest BCUT2D eigenvalue weighted by atomic mass is 10.0. The quantitative estimate of drug-likeness (QED) is 0.525. The highest BCUT2D eigenvalue weighted by atomic mass is 16.4. The molecule has 3 aromatic carbocycles. The van der Waals surface area contributed by atoms with E-state index in [0.29, 0.717) is 22.3 Å². The minimum absolute atomic E-state index is 0.229. The van der Waals surface area contributed by atoms with Crippen molar-refractivity contribution in [1.82, 2.24) is 0 Å². The molecule has 0 spiro atoms. The summed E-state index contributed by atoms with van der Waals surface area (Å²) in [5.41, 5.74) is 3.46. The zero-order valence-corrected chi connectivity index (χ0v) is 14.7. The molecule has 4 aromatic rings. The summed E-state index contributed by atoms with van der Waals surface area (Å²) in [7, 11) is 0. The number of rotatable bonds is 3. The molecular weight excluding hydrogens is 338 g/mol. The molecule has 0 unspecified atom stereocenters. The van der Waals surface area contributed by atoms with Crippen molar-refractivity contribution in [3.8, 4) is 11.1 Å². The molecular formula is C23H17NO3. The van der Waals surface area contributed by atoms with Crippen LogP contribution in [0.3, 0.4) is 0 Å². The summed E-state index contributed by atoms with van der Waals surface area (Å²) >= 11 is 0. The Kier molecular flexibility index (Phi) is 4.30. The number of nitrogens with one attached hydrogen (secondary N) is 1. The monoisotopic (exact) mass is 355 g/mol. The second-order valence-corrected chi connectivity index (χ2v) is 6.39. The molecule has 4 heteroatoms. The van der Waals surface area contributed by atoms with E-state index in [1.807, 2.05) is 49.4 Å². The van der Waals surface area contributed by atoms with Gasteiger partial charge in [-0.05, 0) is 54.4 Å². The standard InChI is InChI=1S/C23H17NO3/c1-15-6-4-10-19(12-15)24-22(25)18-9-5-8-16(13-18)20-14-17-7-2-3-11-21(17)27-23(20)26/h2-14H,1H3,(H,24,25). The van der Waals surface area contributed by atoms with Gasteiger partial charge in [0.25, 0.3) is 5.91 Å². The Balaban J connectivity index is 1.69. The van der Waals surface area contributed by atoms with Crippen molar-refractivity contribution >= 4 is 22.6 Å². The zero-order valence-electron chi connectivity index (χ0n) is 14.7. The number of amides is 1. The average Bonchev–Trinajstić information content (AvgIpc) is 2.67. The van der Waals surface area contributed by atoms with Crippen molar-refractivity contribution in [2.24, 2.45) is 0 Å². The number of fused-ring (bicyclic) bond motifs is 1. The van der Waals surface area contributed by atoms with E-state index in [2.05, 4.69) is 5.32 Å². The van der Waals surface area contributed by atoms with E-state index >= 15 is 0 Å². The highest BCUT2D eigenvalue weighted by Crippen LogP contribution is 2.22. The van der Waals surface area contributed by atoms with Gasteiger partial charge in [0.1, 0.15) is 5.58 Å². The Bertz CT molecular complexity index is 1210. The summed E-state index contributed by atoms with van der Waals surface area (Å²) < 4.78 is 5.40. The molecule has 0 radical (unpaired) electrons. The molecule has 4 rings (SSSR count). The first-order valence-electron chi connectivity index (χ1n) is 8.61. The Morgan fingerprint density at radius 3 is 2.56 bits per heavy atom. The fraction of sp³-hybridized carbons (Fsp3) is 0.0435. The van der Waals surface area contributed by atoms with Gasteiger partial charge in [-0.3, -0.25) is 4.79 Å². The van der Waals surface area contributed by atoms with Crippen LogP contribution in [0.4, 0.5) is 5.69 Å². The SMILES string of the molecule is Cc1cccc(NC(=O)c2cccc(-c3cc4ccccc4oc3=O)c2)c1. The van der Waals surface area contributed by atoms with Crippen LogP contribution < -0.4 is 10.9 Å². The lowest BCUT2D eigenvalue weighted by Crippen LogP contribution is -2.12. The minimum atomic E-state index is -0.426. The highest BCUT2D eigenvalue weighted by molar-refractivity contribution is 6.05. The Morgan fingerprint density at radius 1 is 0.889 bits per heavy atom. The maximum atomic E-state index is 12.6. The molecule has 0 saturated heterocycles. The van der Waals surface area contributed by atoms with Gasteiger partial charge in [-0.1, -0.05) is 42.5 Å². The van der Waals surface area contributed by atoms with Crippen LogP contribution in [-0.4, -0.2) is 5.91 Å². The van der Waals surface area contributed by atoms with Gasteiger partial charge in [-0.2, -0.15) is 0 Å². The van der Waals surface area contributed by atoms with Gasteiger partial charge < -0.3 is 9.73 Å². The molecule has 0 aliphatic rings. The van der Waals surface area contributed by atoms with E-state index < -0.39 is 5.63 Å². The van der Waals surface area contributed by atoms with Gasteiger partial charge in [-0.15, -0.1) is 0 Å². The van der Waals surface area contributed by atoms with Crippen LogP contribution in [-0.2, 0) is 0 Å². The van der Waals surface area contributed by atoms with Crippen LogP contribution in [0, 0.1) is 6.92 Å². The second-order valence-electron chi connectivity index (χ2n) is 6.39. The fourth-order valence-electron chi connectivity index (χ4n) is 3.02. The van der Waals surface area contributed by atoms with Crippen molar-refractivity contribution in [3.05, 3.63) is 100 Å². The van der Waals surface area contributed by atoms with E-state index in [1.54, 1.807) is 36.4 Å². The number of anilines is 1. The van der Waals surface area contributed by atoms with Crippen LogP contribution in [0.2, 0.25) is 0 Å². The third-order valence-electron chi connectivity index (χ3n) is 4.35. The number of aryl methyl sites for hydroxylation is 1. The Hall–Kier alpha value is -3.66. The van der Waals surface area contributed by atoms with Crippen molar-refractivity contribution in [2.45, 2.75) is 6.92 Å². The normalized spacial score (nSPS) is 10.7. The van der Waals surface area contributed by atoms with Crippen LogP contribution in [0.25, 0.3) is 22.1 Å². The molecule has 27 heavy (non-hydrogen) atoms. The lowest BCUT2D eigenvalue weighted by Gasteiger charge is -2.08. The molecule has 4 nitrogen and oxygen atoms in total. The van der Waals surface area contributed by atoms with E-state index in [0.717, 1.165) is 16.6 Å². The lowest BCUT2D eigenvalue weighted by molar-refractivity contribution is 0.102. The first-order valence-corrected chi connectivity index (χ1v) is 8.61. The number of hydrogen-bond donors (Lipinski definition) is 1. The summed E-state index contributed by atoms with van der Waals surface area (Å²) in [5, 5.41) is 3.72. The van der Waals surface area contributed by atoms with Crippen molar-refractivity contribution in [3.63, 3.8) is 0 Å².